The molecule has 3 fully saturated rings. The molecule has 1 nitrogen and oxygen atoms in total. The molecule has 3 aliphatic carbocycles. The van der Waals surface area contributed by atoms with Gasteiger partial charge in [0.05, 0.1) is 6.61 Å². The monoisotopic (exact) mass is 374 g/mol. The summed E-state index contributed by atoms with van der Waals surface area (Å²) in [5.74, 6) is 2.92. The quantitative estimate of drug-likeness (QED) is 0.277. The molecule has 1 heteroatoms. The zero-order valence-electron chi connectivity index (χ0n) is 18.1. The van der Waals surface area contributed by atoms with Crippen molar-refractivity contribution in [3.8, 4) is 0 Å². The highest BCUT2D eigenvalue weighted by atomic mass is 16.5. The number of ether oxygens (including phenoxy) is 1. The van der Waals surface area contributed by atoms with Crippen molar-refractivity contribution in [3.05, 3.63) is 12.7 Å². The van der Waals surface area contributed by atoms with Crippen LogP contribution in [0.1, 0.15) is 116 Å². The molecule has 0 atom stereocenters. The summed E-state index contributed by atoms with van der Waals surface area (Å²) in [4.78, 5) is 0. The Morgan fingerprint density at radius 2 is 1.44 bits per heavy atom. The summed E-state index contributed by atoms with van der Waals surface area (Å²) in [6.45, 7) is 5.47. The Labute approximate surface area is 169 Å². The van der Waals surface area contributed by atoms with E-state index in [0.29, 0.717) is 5.41 Å². The predicted octanol–water partition coefficient (Wildman–Crippen LogP) is 8.09. The van der Waals surface area contributed by atoms with Crippen LogP contribution in [0.4, 0.5) is 0 Å². The molecule has 0 bridgehead atoms. The fourth-order valence-electron chi connectivity index (χ4n) is 6.70. The second kappa shape index (κ2) is 11.6. The van der Waals surface area contributed by atoms with Crippen LogP contribution in [0.5, 0.6) is 0 Å². The third-order valence-corrected chi connectivity index (χ3v) is 8.42. The van der Waals surface area contributed by atoms with E-state index in [1.54, 1.807) is 0 Å². The molecule has 27 heavy (non-hydrogen) atoms. The summed E-state index contributed by atoms with van der Waals surface area (Å²) >= 11 is 0. The molecule has 0 amide bonds. The van der Waals surface area contributed by atoms with Crippen LogP contribution < -0.4 is 0 Å². The minimum atomic E-state index is 0.696. The highest BCUT2D eigenvalue weighted by Gasteiger charge is 2.41. The summed E-state index contributed by atoms with van der Waals surface area (Å²) in [5, 5.41) is 0. The Morgan fingerprint density at radius 1 is 0.778 bits per heavy atom. The molecule has 3 saturated carbocycles. The molecule has 3 aliphatic rings. The van der Waals surface area contributed by atoms with Crippen molar-refractivity contribution in [2.24, 2.45) is 23.2 Å². The van der Waals surface area contributed by atoms with Crippen molar-refractivity contribution >= 4 is 0 Å². The number of hydrogen-bond acceptors (Lipinski definition) is 1. The molecule has 0 aliphatic heterocycles. The molecular weight excluding hydrogens is 328 g/mol. The number of unbranched alkanes of at least 4 members (excludes halogenated alkanes) is 1. The first-order chi connectivity index (χ1) is 13.3. The van der Waals surface area contributed by atoms with Gasteiger partial charge in [-0.25, -0.2) is 0 Å². The van der Waals surface area contributed by atoms with Crippen LogP contribution >= 0.6 is 0 Å². The minimum absolute atomic E-state index is 0.696. The van der Waals surface area contributed by atoms with Crippen molar-refractivity contribution in [3.63, 3.8) is 0 Å². The molecule has 0 spiro atoms. The molecule has 0 aromatic rings. The molecule has 0 heterocycles. The summed E-state index contributed by atoms with van der Waals surface area (Å²) < 4.78 is 5.78. The second-order valence-corrected chi connectivity index (χ2v) is 10.2. The van der Waals surface area contributed by atoms with Gasteiger partial charge in [-0.05, 0) is 68.1 Å². The maximum atomic E-state index is 5.78. The first-order valence-corrected chi connectivity index (χ1v) is 12.5. The van der Waals surface area contributed by atoms with Gasteiger partial charge < -0.3 is 4.74 Å². The van der Waals surface area contributed by atoms with Gasteiger partial charge in [-0.3, -0.25) is 0 Å². The third-order valence-electron chi connectivity index (χ3n) is 8.42. The smallest absolute Gasteiger partial charge is 0.0644 e. The molecular formula is C26H46O. The van der Waals surface area contributed by atoms with E-state index in [1.807, 2.05) is 6.08 Å². The SMILES string of the molecule is C=CCOC[C@H]1CC[C@@](CCCCC2CCCCC2)(C2CCCCC2)CC1. The van der Waals surface area contributed by atoms with Gasteiger partial charge in [0.25, 0.3) is 0 Å². The maximum absolute atomic E-state index is 5.78. The van der Waals surface area contributed by atoms with Gasteiger partial charge in [0.1, 0.15) is 0 Å². The van der Waals surface area contributed by atoms with Crippen LogP contribution in [0.3, 0.4) is 0 Å². The molecule has 0 aromatic carbocycles. The zero-order chi connectivity index (χ0) is 18.8. The van der Waals surface area contributed by atoms with E-state index in [2.05, 4.69) is 6.58 Å². The Balaban J connectivity index is 1.46. The van der Waals surface area contributed by atoms with E-state index < -0.39 is 0 Å². The van der Waals surface area contributed by atoms with Gasteiger partial charge in [0, 0.05) is 6.61 Å². The third kappa shape index (κ3) is 6.62. The first-order valence-electron chi connectivity index (χ1n) is 12.5. The summed E-state index contributed by atoms with van der Waals surface area (Å²) in [5.41, 5.74) is 0.696. The topological polar surface area (TPSA) is 9.23 Å². The standard InChI is InChI=1S/C26H46O/c1-2-21-27-22-24-16-19-26(20-17-24,25-14-7-4-8-15-25)18-10-9-13-23-11-5-3-6-12-23/h2,23-25H,1,3-22H2/t24-,26+. The average molecular weight is 375 g/mol. The number of hydrogen-bond donors (Lipinski definition) is 0. The van der Waals surface area contributed by atoms with E-state index in [0.717, 1.165) is 31.0 Å². The van der Waals surface area contributed by atoms with Crippen LogP contribution in [-0.4, -0.2) is 13.2 Å². The fourth-order valence-corrected chi connectivity index (χ4v) is 6.70. The van der Waals surface area contributed by atoms with Crippen molar-refractivity contribution in [1.82, 2.24) is 0 Å². The van der Waals surface area contributed by atoms with Gasteiger partial charge in [-0.1, -0.05) is 76.7 Å². The predicted molar refractivity (Wildman–Crippen MR) is 117 cm³/mol. The van der Waals surface area contributed by atoms with Crippen LogP contribution in [0.15, 0.2) is 12.7 Å². The van der Waals surface area contributed by atoms with E-state index in [1.165, 1.54) is 116 Å². The Bertz CT molecular complexity index is 394. The Morgan fingerprint density at radius 3 is 2.11 bits per heavy atom. The van der Waals surface area contributed by atoms with E-state index in [9.17, 15) is 0 Å². The van der Waals surface area contributed by atoms with Crippen molar-refractivity contribution in [2.75, 3.05) is 13.2 Å². The molecule has 156 valence electrons. The van der Waals surface area contributed by atoms with Crippen LogP contribution in [0, 0.1) is 23.2 Å². The first kappa shape index (κ1) is 21.4. The van der Waals surface area contributed by atoms with Gasteiger partial charge in [0.15, 0.2) is 0 Å². The number of rotatable bonds is 10. The lowest BCUT2D eigenvalue weighted by Gasteiger charge is -2.47. The lowest BCUT2D eigenvalue weighted by Crippen LogP contribution is -2.37. The van der Waals surface area contributed by atoms with E-state index in [-0.39, 0.29) is 0 Å². The lowest BCUT2D eigenvalue weighted by atomic mass is 9.58. The Hall–Kier alpha value is -0.300. The molecule has 0 unspecified atom stereocenters. The van der Waals surface area contributed by atoms with Gasteiger partial charge in [0.2, 0.25) is 0 Å². The lowest BCUT2D eigenvalue weighted by molar-refractivity contribution is 0.0139. The van der Waals surface area contributed by atoms with Gasteiger partial charge >= 0.3 is 0 Å². The second-order valence-electron chi connectivity index (χ2n) is 10.2. The van der Waals surface area contributed by atoms with Crippen molar-refractivity contribution in [1.29, 1.82) is 0 Å². The molecule has 0 radical (unpaired) electrons. The average Bonchev–Trinajstić information content (AvgIpc) is 2.74. The molecule has 0 aromatic heterocycles. The largest absolute Gasteiger partial charge is 0.377 e. The minimum Gasteiger partial charge on any atom is -0.377 e. The van der Waals surface area contributed by atoms with Crippen LogP contribution in [-0.2, 0) is 4.74 Å². The summed E-state index contributed by atoms with van der Waals surface area (Å²) in [7, 11) is 0. The van der Waals surface area contributed by atoms with E-state index in [4.69, 9.17) is 4.74 Å². The fraction of sp³-hybridized carbons (Fsp3) is 0.923. The summed E-state index contributed by atoms with van der Waals surface area (Å²) in [6.07, 6.45) is 28.9. The zero-order valence-corrected chi connectivity index (χ0v) is 18.1. The normalized spacial score (nSPS) is 31.0. The van der Waals surface area contributed by atoms with Crippen LogP contribution in [0.2, 0.25) is 0 Å². The highest BCUT2D eigenvalue weighted by Crippen LogP contribution is 2.52. The van der Waals surface area contributed by atoms with Crippen molar-refractivity contribution < 1.29 is 4.74 Å². The van der Waals surface area contributed by atoms with E-state index >= 15 is 0 Å². The highest BCUT2D eigenvalue weighted by molar-refractivity contribution is 4.92. The Kier molecular flexibility index (Phi) is 9.23. The summed E-state index contributed by atoms with van der Waals surface area (Å²) in [6, 6.07) is 0. The molecule has 3 rings (SSSR count). The van der Waals surface area contributed by atoms with Crippen LogP contribution in [0.25, 0.3) is 0 Å². The molecule has 0 N–H and O–H groups in total. The maximum Gasteiger partial charge on any atom is 0.0644 e. The van der Waals surface area contributed by atoms with Crippen molar-refractivity contribution in [2.45, 2.75) is 116 Å². The van der Waals surface area contributed by atoms with Gasteiger partial charge in [-0.15, -0.1) is 6.58 Å². The van der Waals surface area contributed by atoms with Gasteiger partial charge in [-0.2, -0.15) is 0 Å². The molecule has 0 saturated heterocycles.